The molecule has 4 fully saturated rings. The molecule has 4 aliphatic heterocycles. The number of ether oxygens (including phenoxy) is 1. The molecule has 1 aliphatic carbocycles. The summed E-state index contributed by atoms with van der Waals surface area (Å²) in [6.07, 6.45) is 5.40. The highest BCUT2D eigenvalue weighted by Gasteiger charge is 2.66. The summed E-state index contributed by atoms with van der Waals surface area (Å²) in [5.74, 6) is -0.698. The van der Waals surface area contributed by atoms with Gasteiger partial charge in [0.2, 0.25) is 17.7 Å². The van der Waals surface area contributed by atoms with Crippen LogP contribution in [0.25, 0.3) is 0 Å². The van der Waals surface area contributed by atoms with Crippen molar-refractivity contribution in [2.24, 2.45) is 22.5 Å². The quantitative estimate of drug-likeness (QED) is 0.257. The van der Waals surface area contributed by atoms with Crippen LogP contribution in [0.2, 0.25) is 5.02 Å². The number of anilines is 2. The van der Waals surface area contributed by atoms with Crippen LogP contribution in [-0.2, 0) is 9.59 Å². The lowest BCUT2D eigenvalue weighted by atomic mass is 9.48. The number of pyridine rings is 1. The summed E-state index contributed by atoms with van der Waals surface area (Å²) in [7, 11) is 0. The van der Waals surface area contributed by atoms with Crippen molar-refractivity contribution in [3.63, 3.8) is 0 Å². The van der Waals surface area contributed by atoms with Gasteiger partial charge in [0.05, 0.1) is 27.3 Å². The molecule has 0 bridgehead atoms. The van der Waals surface area contributed by atoms with Gasteiger partial charge in [-0.05, 0) is 80.5 Å². The van der Waals surface area contributed by atoms with E-state index in [4.69, 9.17) is 22.1 Å². The van der Waals surface area contributed by atoms with Crippen LogP contribution in [-0.4, -0.2) is 101 Å². The van der Waals surface area contributed by atoms with Gasteiger partial charge in [-0.3, -0.25) is 39.1 Å². The number of imide groups is 2. The molecule has 60 heavy (non-hydrogen) atoms. The average Bonchev–Trinajstić information content (AvgIpc) is 3.47. The van der Waals surface area contributed by atoms with Crippen molar-refractivity contribution in [3.05, 3.63) is 82.0 Å². The molecule has 3 saturated heterocycles. The average molecular weight is 835 g/mol. The molecule has 0 unspecified atom stereocenters. The van der Waals surface area contributed by atoms with Crippen LogP contribution < -0.4 is 25.6 Å². The van der Waals surface area contributed by atoms with Gasteiger partial charge in [-0.1, -0.05) is 39.3 Å². The third kappa shape index (κ3) is 7.36. The van der Waals surface area contributed by atoms with E-state index in [0.29, 0.717) is 34.4 Å². The molecule has 0 radical (unpaired) electrons. The number of nitriles is 1. The fraction of sp³-hybridized carbons (Fsp3) is 0.489. The number of rotatable bonds is 10. The largest absolute Gasteiger partial charge is 0.489 e. The number of halogens is 1. The van der Waals surface area contributed by atoms with Crippen molar-refractivity contribution >= 4 is 52.6 Å². The van der Waals surface area contributed by atoms with E-state index in [9.17, 15) is 29.2 Å². The maximum Gasteiger partial charge on any atom is 0.262 e. The van der Waals surface area contributed by atoms with E-state index in [2.05, 4.69) is 58.8 Å². The van der Waals surface area contributed by atoms with E-state index < -0.39 is 35.6 Å². The number of nitrogens with zero attached hydrogens (tertiary/aromatic N) is 6. The molecular formula is C45H51ClN8O6. The minimum Gasteiger partial charge on any atom is -0.489 e. The monoisotopic (exact) mass is 834 g/mol. The molecule has 5 aliphatic rings. The molecule has 1 saturated carbocycles. The first-order chi connectivity index (χ1) is 28.6. The third-order valence-corrected chi connectivity index (χ3v) is 13.8. The van der Waals surface area contributed by atoms with Crippen LogP contribution in [0.15, 0.2) is 54.7 Å². The lowest BCUT2D eigenvalue weighted by Crippen LogP contribution is -2.76. The summed E-state index contributed by atoms with van der Waals surface area (Å²) >= 11 is 6.43. The van der Waals surface area contributed by atoms with Crippen LogP contribution in [0.4, 0.5) is 11.5 Å². The number of aromatic nitrogens is 1. The second-order valence-corrected chi connectivity index (χ2v) is 18.5. The number of nitrogens with two attached hydrogens (primary N) is 1. The van der Waals surface area contributed by atoms with E-state index >= 15 is 0 Å². The Labute approximate surface area is 355 Å². The molecule has 314 valence electrons. The van der Waals surface area contributed by atoms with Crippen LogP contribution in [0.1, 0.15) is 103 Å². The number of hydrogen-bond donors (Lipinski definition) is 2. The number of amides is 5. The molecule has 2 aromatic carbocycles. The summed E-state index contributed by atoms with van der Waals surface area (Å²) in [6.45, 7) is 13.1. The van der Waals surface area contributed by atoms with Gasteiger partial charge in [0.25, 0.3) is 11.8 Å². The van der Waals surface area contributed by atoms with Crippen molar-refractivity contribution in [3.8, 4) is 11.8 Å². The molecule has 0 spiro atoms. The Morgan fingerprint density at radius 1 is 0.950 bits per heavy atom. The second kappa shape index (κ2) is 15.8. The summed E-state index contributed by atoms with van der Waals surface area (Å²) in [5.41, 5.74) is 7.06. The maximum absolute atomic E-state index is 13.8. The summed E-state index contributed by atoms with van der Waals surface area (Å²) in [5, 5.41) is 12.1. The summed E-state index contributed by atoms with van der Waals surface area (Å²) in [6, 6.07) is 15.6. The van der Waals surface area contributed by atoms with Crippen molar-refractivity contribution in [1.82, 2.24) is 20.1 Å². The zero-order valence-corrected chi connectivity index (χ0v) is 35.2. The first-order valence-corrected chi connectivity index (χ1v) is 21.2. The highest BCUT2D eigenvalue weighted by molar-refractivity contribution is 6.31. The number of piperidine rings is 3. The number of hydrogen-bond acceptors (Lipinski definition) is 11. The van der Waals surface area contributed by atoms with Gasteiger partial charge >= 0.3 is 0 Å². The van der Waals surface area contributed by atoms with E-state index in [-0.39, 0.29) is 53.0 Å². The Kier molecular flexibility index (Phi) is 10.9. The van der Waals surface area contributed by atoms with Gasteiger partial charge in [0.15, 0.2) is 0 Å². The number of carbonyl (C=O) groups is 5. The Morgan fingerprint density at radius 2 is 1.68 bits per heavy atom. The molecule has 8 rings (SSSR count). The zero-order valence-electron chi connectivity index (χ0n) is 34.4. The van der Waals surface area contributed by atoms with Gasteiger partial charge in [0, 0.05) is 80.0 Å². The van der Waals surface area contributed by atoms with Crippen molar-refractivity contribution in [1.29, 1.82) is 5.26 Å². The summed E-state index contributed by atoms with van der Waals surface area (Å²) < 4.78 is 6.74. The Balaban J connectivity index is 1.04. The van der Waals surface area contributed by atoms with E-state index in [0.717, 1.165) is 68.3 Å². The normalized spacial score (nSPS) is 25.1. The third-order valence-electron chi connectivity index (χ3n) is 13.5. The number of fused-ring (bicyclic) bond motifs is 1. The number of primary amides is 1. The topological polar surface area (TPSA) is 182 Å². The number of carbonyl (C=O) groups excluding carboxylic acids is 5. The SMILES string of the molecule is CC1(C)C(Oc2ccc(C#N)c(Cl)c2)C(C)(C)C1N(CC1CCN(c2ccc(C(N)=O)cn2)CC1)[C@@H]1CCCN(c2ccc3c(c2)C(=O)N([C@@H]2CCC(=O)NC2=O)C3=O)C1. The smallest absolute Gasteiger partial charge is 0.262 e. The fourth-order valence-electron chi connectivity index (χ4n) is 11.0. The predicted molar refractivity (Wildman–Crippen MR) is 225 cm³/mol. The lowest BCUT2D eigenvalue weighted by Gasteiger charge is -2.68. The van der Waals surface area contributed by atoms with Gasteiger partial charge in [-0.2, -0.15) is 5.26 Å². The fourth-order valence-corrected chi connectivity index (χ4v) is 11.2. The number of nitrogens with one attached hydrogen (secondary N) is 1. The molecule has 5 heterocycles. The maximum atomic E-state index is 13.8. The van der Waals surface area contributed by atoms with Crippen molar-refractivity contribution < 1.29 is 28.7 Å². The van der Waals surface area contributed by atoms with Crippen molar-refractivity contribution in [2.75, 3.05) is 42.5 Å². The Bertz CT molecular complexity index is 2270. The van der Waals surface area contributed by atoms with Gasteiger partial charge in [-0.25, -0.2) is 4.98 Å². The second-order valence-electron chi connectivity index (χ2n) is 18.1. The molecule has 5 amide bonds. The van der Waals surface area contributed by atoms with Gasteiger partial charge in [0.1, 0.15) is 29.8 Å². The molecule has 2 atom stereocenters. The Morgan fingerprint density at radius 3 is 2.33 bits per heavy atom. The van der Waals surface area contributed by atoms with Crippen molar-refractivity contribution in [2.45, 2.75) is 90.4 Å². The Hall–Kier alpha value is -5.52. The predicted octanol–water partition coefficient (Wildman–Crippen LogP) is 5.18. The molecule has 3 aromatic rings. The van der Waals surface area contributed by atoms with Gasteiger partial charge in [-0.15, -0.1) is 0 Å². The van der Waals surface area contributed by atoms with Gasteiger partial charge < -0.3 is 20.3 Å². The zero-order chi connectivity index (χ0) is 42.7. The highest BCUT2D eigenvalue weighted by Crippen LogP contribution is 2.59. The van der Waals surface area contributed by atoms with E-state index in [1.807, 2.05) is 18.2 Å². The van der Waals surface area contributed by atoms with E-state index in [1.165, 1.54) is 6.20 Å². The molecule has 14 nitrogen and oxygen atoms in total. The first-order valence-electron chi connectivity index (χ1n) is 20.8. The molecule has 15 heteroatoms. The van der Waals surface area contributed by atoms with E-state index in [1.54, 1.807) is 30.3 Å². The molecule has 3 N–H and O–H groups in total. The number of benzene rings is 2. The molecular weight excluding hydrogens is 784 g/mol. The van der Waals surface area contributed by atoms with Crippen LogP contribution in [0, 0.1) is 28.1 Å². The van der Waals surface area contributed by atoms with Crippen LogP contribution in [0.5, 0.6) is 5.75 Å². The molecule has 1 aromatic heterocycles. The standard InChI is InChI=1S/C45H51ClN8O6/c1-44(2)42(45(3,4)43(44)60-31-10-7-27(22-47)34(46)21-31)53(24-26-15-18-51(19-16-26)36-13-8-28(23-49-36)38(48)56)30-6-5-17-52(25-30)29-9-11-32-33(20-29)41(59)54(40(32)58)35-12-14-37(55)50-39(35)57/h7-11,13,20-21,23,26,30,35,42-43H,5-6,12,14-19,24-25H2,1-4H3,(H2,48,56)(H,50,55,57)/t30-,35-,42?,43?/m1/s1. The summed E-state index contributed by atoms with van der Waals surface area (Å²) in [4.78, 5) is 76.2. The first kappa shape index (κ1) is 41.2. The minimum atomic E-state index is -1.02. The lowest BCUT2D eigenvalue weighted by molar-refractivity contribution is -0.220. The minimum absolute atomic E-state index is 0.0640. The van der Waals surface area contributed by atoms with Crippen LogP contribution in [0.3, 0.4) is 0 Å². The highest BCUT2D eigenvalue weighted by atomic mass is 35.5. The van der Waals surface area contributed by atoms with Crippen LogP contribution >= 0.6 is 11.6 Å².